The summed E-state index contributed by atoms with van der Waals surface area (Å²) in [6.45, 7) is 0. The van der Waals surface area contributed by atoms with Crippen molar-refractivity contribution in [2.24, 2.45) is 0 Å². The van der Waals surface area contributed by atoms with Crippen LogP contribution in [0.5, 0.6) is 0 Å². The predicted octanol–water partition coefficient (Wildman–Crippen LogP) is 7.99. The summed E-state index contributed by atoms with van der Waals surface area (Å²) in [5.74, 6) is 0. The van der Waals surface area contributed by atoms with Crippen LogP contribution in [0.3, 0.4) is 0 Å². The summed E-state index contributed by atoms with van der Waals surface area (Å²) < 4.78 is 0. The molecule has 0 atom stereocenters. The molecule has 224 valence electrons. The van der Waals surface area contributed by atoms with Gasteiger partial charge < -0.3 is 0 Å². The van der Waals surface area contributed by atoms with Crippen LogP contribution in [0, 0.1) is 0 Å². The maximum absolute atomic E-state index is 14.4. The quantitative estimate of drug-likeness (QED) is 0.173. The van der Waals surface area contributed by atoms with Gasteiger partial charge in [0, 0.05) is 43.1 Å². The van der Waals surface area contributed by atoms with Crippen LogP contribution in [-0.2, 0) is 25.7 Å². The monoisotopic (exact) mass is 616 g/mol. The van der Waals surface area contributed by atoms with Crippen molar-refractivity contribution >= 4 is 86.2 Å². The zero-order valence-corrected chi connectivity index (χ0v) is 25.7. The number of benzene rings is 6. The summed E-state index contributed by atoms with van der Waals surface area (Å²) in [6, 6.07) is 30.9. The van der Waals surface area contributed by atoms with E-state index in [4.69, 9.17) is 0 Å². The molecular formula is C44H24O4. The van der Waals surface area contributed by atoms with Crippen LogP contribution in [0.25, 0.3) is 86.2 Å². The molecule has 4 heteroatoms. The number of hydrogen-bond acceptors (Lipinski definition) is 4. The van der Waals surface area contributed by atoms with Gasteiger partial charge in [-0.1, -0.05) is 97.1 Å². The lowest BCUT2D eigenvalue weighted by Gasteiger charge is -2.18. The van der Waals surface area contributed by atoms with Gasteiger partial charge in [0.1, 0.15) is 0 Å². The third-order valence-corrected chi connectivity index (χ3v) is 11.3. The van der Waals surface area contributed by atoms with Crippen LogP contribution >= 0.6 is 0 Å². The van der Waals surface area contributed by atoms with E-state index in [9.17, 15) is 19.2 Å². The molecule has 0 N–H and O–H groups in total. The van der Waals surface area contributed by atoms with E-state index in [1.807, 2.05) is 97.1 Å². The Morgan fingerprint density at radius 1 is 0.250 bits per heavy atom. The van der Waals surface area contributed by atoms with Gasteiger partial charge in [0.05, 0.1) is 0 Å². The standard InChI is InChI=1S/C44H24O4/c45-41-25-13-5-1-9-21(25)33-29-17-18-31-35-23-11-3-7-15-27(23)44(48)40(35)32(36-24-12-4-8-16-28(24)43(47)39(31)36)20-19-30(37(33)41)34-22-10-2-6-14-26(22)42(46)38(29)34/h1-16H,17-20H2. The zero-order chi connectivity index (χ0) is 32.0. The van der Waals surface area contributed by atoms with Gasteiger partial charge in [0.25, 0.3) is 0 Å². The fraction of sp³-hybridized carbons (Fsp3) is 0.0909. The van der Waals surface area contributed by atoms with Crippen molar-refractivity contribution in [3.8, 4) is 0 Å². The van der Waals surface area contributed by atoms with Crippen molar-refractivity contribution in [2.45, 2.75) is 25.7 Å². The molecular weight excluding hydrogens is 592 g/mol. The highest BCUT2D eigenvalue weighted by Crippen LogP contribution is 2.45. The Morgan fingerprint density at radius 2 is 0.438 bits per heavy atom. The minimum Gasteiger partial charge on any atom is -0.289 e. The molecule has 0 aliphatic heterocycles. The summed E-state index contributed by atoms with van der Waals surface area (Å²) in [6.07, 6.45) is 1.74. The zero-order valence-electron chi connectivity index (χ0n) is 25.7. The van der Waals surface area contributed by atoms with Crippen molar-refractivity contribution < 1.29 is 0 Å². The van der Waals surface area contributed by atoms with Gasteiger partial charge in [0.15, 0.2) is 21.7 Å². The Balaban J connectivity index is 1.40. The van der Waals surface area contributed by atoms with Crippen LogP contribution in [0.4, 0.5) is 0 Å². The van der Waals surface area contributed by atoms with Gasteiger partial charge in [-0.05, 0) is 91.0 Å². The number of fused-ring (bicyclic) bond motifs is 8. The van der Waals surface area contributed by atoms with E-state index in [0.717, 1.165) is 65.3 Å². The maximum Gasteiger partial charge on any atom is 0.194 e. The highest BCUT2D eigenvalue weighted by molar-refractivity contribution is 6.27. The second kappa shape index (κ2) is 8.87. The van der Waals surface area contributed by atoms with Gasteiger partial charge in [0.2, 0.25) is 0 Å². The second-order valence-corrected chi connectivity index (χ2v) is 13.4. The molecule has 4 nitrogen and oxygen atoms in total. The molecule has 10 aromatic rings. The van der Waals surface area contributed by atoms with Crippen LogP contribution in [0.1, 0.15) is 22.3 Å². The van der Waals surface area contributed by atoms with Crippen LogP contribution in [0.2, 0.25) is 0 Å². The van der Waals surface area contributed by atoms with Crippen molar-refractivity contribution in [1.29, 1.82) is 0 Å². The van der Waals surface area contributed by atoms with E-state index >= 15 is 0 Å². The molecule has 0 amide bonds. The SMILES string of the molecule is O=c1c2ccccc2c2c3c4c(=O)c5ccccc5c4c(c12)CCc1c2c(=O)c4ccccc4c2c(c2c(=O)c4ccccc4c12)CC3. The van der Waals surface area contributed by atoms with Gasteiger partial charge in [-0.3, -0.25) is 19.2 Å². The van der Waals surface area contributed by atoms with E-state index in [0.29, 0.717) is 68.8 Å². The highest BCUT2D eigenvalue weighted by atomic mass is 16.1. The third-order valence-electron chi connectivity index (χ3n) is 11.3. The molecule has 10 aromatic carbocycles. The van der Waals surface area contributed by atoms with Crippen molar-refractivity contribution in [3.05, 3.63) is 160 Å². The van der Waals surface area contributed by atoms with Crippen molar-refractivity contribution in [1.82, 2.24) is 0 Å². The van der Waals surface area contributed by atoms with Crippen LogP contribution in [-0.4, -0.2) is 0 Å². The minimum absolute atomic E-state index is 0.0121. The summed E-state index contributed by atoms with van der Waals surface area (Å²) >= 11 is 0. The molecule has 2 aliphatic carbocycles. The predicted molar refractivity (Wildman–Crippen MR) is 198 cm³/mol. The first-order valence-electron chi connectivity index (χ1n) is 16.5. The largest absolute Gasteiger partial charge is 0.289 e. The Hall–Kier alpha value is -6.00. The van der Waals surface area contributed by atoms with E-state index in [1.165, 1.54) is 0 Å². The molecule has 0 fully saturated rings. The third kappa shape index (κ3) is 2.93. The fourth-order valence-corrected chi connectivity index (χ4v) is 9.53. The minimum atomic E-state index is -0.0121. The molecule has 0 spiro atoms. The van der Waals surface area contributed by atoms with E-state index < -0.39 is 0 Å². The first-order chi connectivity index (χ1) is 23.5. The molecule has 0 aromatic heterocycles. The Bertz CT molecular complexity index is 2860. The Kier molecular flexibility index (Phi) is 4.82. The lowest BCUT2D eigenvalue weighted by atomic mass is 9.84. The second-order valence-electron chi connectivity index (χ2n) is 13.4. The first kappa shape index (κ1) is 26.1. The molecule has 0 saturated heterocycles. The molecule has 2 aliphatic rings. The summed E-state index contributed by atoms with van der Waals surface area (Å²) in [5.41, 5.74) is 3.38. The normalized spacial score (nSPS) is 13.8. The highest BCUT2D eigenvalue weighted by Gasteiger charge is 2.30. The van der Waals surface area contributed by atoms with Crippen LogP contribution < -0.4 is 21.7 Å². The van der Waals surface area contributed by atoms with Crippen molar-refractivity contribution in [2.75, 3.05) is 0 Å². The number of aryl methyl sites for hydroxylation is 4. The molecule has 12 rings (SSSR count). The smallest absolute Gasteiger partial charge is 0.194 e. The molecule has 0 heterocycles. The summed E-state index contributed by atoms with van der Waals surface area (Å²) in [7, 11) is 0. The molecule has 4 bridgehead atoms. The molecule has 0 unspecified atom stereocenters. The lowest BCUT2D eigenvalue weighted by molar-refractivity contribution is 0.975. The lowest BCUT2D eigenvalue weighted by Crippen LogP contribution is -2.10. The topological polar surface area (TPSA) is 68.3 Å². The Morgan fingerprint density at radius 3 is 0.646 bits per heavy atom. The average molecular weight is 617 g/mol. The van der Waals surface area contributed by atoms with Gasteiger partial charge in [-0.2, -0.15) is 0 Å². The molecule has 0 saturated carbocycles. The summed E-state index contributed by atoms with van der Waals surface area (Å²) in [5, 5.41) is 12.3. The first-order valence-corrected chi connectivity index (χ1v) is 16.5. The number of rotatable bonds is 0. The average Bonchev–Trinajstić information content (AvgIpc) is 3.79. The van der Waals surface area contributed by atoms with E-state index in [1.54, 1.807) is 0 Å². The molecule has 48 heavy (non-hydrogen) atoms. The fourth-order valence-electron chi connectivity index (χ4n) is 9.53. The Labute approximate surface area is 271 Å². The van der Waals surface area contributed by atoms with Gasteiger partial charge >= 0.3 is 0 Å². The maximum atomic E-state index is 14.4. The van der Waals surface area contributed by atoms with Gasteiger partial charge in [-0.15, -0.1) is 0 Å². The van der Waals surface area contributed by atoms with E-state index in [2.05, 4.69) is 0 Å². The molecule has 0 radical (unpaired) electrons. The van der Waals surface area contributed by atoms with Gasteiger partial charge in [-0.25, -0.2) is 0 Å². The van der Waals surface area contributed by atoms with E-state index in [-0.39, 0.29) is 21.7 Å². The summed E-state index contributed by atoms with van der Waals surface area (Å²) in [4.78, 5) is 57.7. The van der Waals surface area contributed by atoms with Crippen LogP contribution in [0.15, 0.2) is 116 Å². The van der Waals surface area contributed by atoms with Crippen molar-refractivity contribution in [3.63, 3.8) is 0 Å². The number of hydrogen-bond donors (Lipinski definition) is 0.